The fourth-order valence-corrected chi connectivity index (χ4v) is 2.88. The smallest absolute Gasteiger partial charge is 0.236 e. The average Bonchev–Trinajstić information content (AvgIpc) is 2.73. The predicted octanol–water partition coefficient (Wildman–Crippen LogP) is 2.46. The van der Waals surface area contributed by atoms with Gasteiger partial charge in [-0.2, -0.15) is 0 Å². The molecule has 0 radical (unpaired) electrons. The van der Waals surface area contributed by atoms with Crippen LogP contribution < -0.4 is 11.1 Å². The van der Waals surface area contributed by atoms with E-state index < -0.39 is 0 Å². The number of amides is 1. The van der Waals surface area contributed by atoms with Gasteiger partial charge in [-0.25, -0.2) is 0 Å². The molecule has 1 aromatic carbocycles. The first-order valence-corrected chi connectivity index (χ1v) is 7.14. The first-order chi connectivity index (χ1) is 9.04. The lowest BCUT2D eigenvalue weighted by Crippen LogP contribution is -2.44. The average molecular weight is 297 g/mol. The van der Waals surface area contributed by atoms with Crippen molar-refractivity contribution in [2.75, 3.05) is 6.54 Å². The van der Waals surface area contributed by atoms with Crippen LogP contribution in [0.25, 0.3) is 0 Å². The first-order valence-electron chi connectivity index (χ1n) is 7.14. The van der Waals surface area contributed by atoms with Gasteiger partial charge in [-0.3, -0.25) is 4.79 Å². The minimum Gasteiger partial charge on any atom is -0.354 e. The third-order valence-electron chi connectivity index (χ3n) is 3.98. The molecule has 0 heterocycles. The Balaban J connectivity index is 0.00000200. The van der Waals surface area contributed by atoms with Gasteiger partial charge in [-0.05, 0) is 35.8 Å². The van der Waals surface area contributed by atoms with Crippen LogP contribution in [0.15, 0.2) is 24.3 Å². The van der Waals surface area contributed by atoms with Gasteiger partial charge in [0.25, 0.3) is 0 Å². The highest BCUT2D eigenvalue weighted by atomic mass is 35.5. The van der Waals surface area contributed by atoms with Gasteiger partial charge in [0.15, 0.2) is 0 Å². The van der Waals surface area contributed by atoms with Crippen molar-refractivity contribution < 1.29 is 4.79 Å². The molecule has 1 amide bonds. The Bertz CT molecular complexity index is 437. The van der Waals surface area contributed by atoms with Gasteiger partial charge in [0.1, 0.15) is 0 Å². The second-order valence-corrected chi connectivity index (χ2v) is 6.05. The number of hydrogen-bond acceptors (Lipinski definition) is 2. The Kier molecular flexibility index (Phi) is 6.03. The molecule has 20 heavy (non-hydrogen) atoms. The Morgan fingerprint density at radius 2 is 1.90 bits per heavy atom. The van der Waals surface area contributed by atoms with Crippen molar-refractivity contribution in [3.05, 3.63) is 35.4 Å². The second-order valence-electron chi connectivity index (χ2n) is 6.05. The van der Waals surface area contributed by atoms with E-state index in [2.05, 4.69) is 36.5 Å². The molecule has 3 N–H and O–H groups in total. The van der Waals surface area contributed by atoms with Crippen LogP contribution in [-0.2, 0) is 17.6 Å². The lowest BCUT2D eigenvalue weighted by Gasteiger charge is -2.25. The summed E-state index contributed by atoms with van der Waals surface area (Å²) in [5.41, 5.74) is 8.79. The number of hydrogen-bond donors (Lipinski definition) is 2. The molecule has 0 saturated heterocycles. The third-order valence-corrected chi connectivity index (χ3v) is 3.98. The van der Waals surface area contributed by atoms with Gasteiger partial charge in [-0.15, -0.1) is 12.4 Å². The molecule has 1 aliphatic carbocycles. The minimum absolute atomic E-state index is 0. The molecule has 3 nitrogen and oxygen atoms in total. The first kappa shape index (κ1) is 17.0. The molecule has 2 rings (SSSR count). The fraction of sp³-hybridized carbons (Fsp3) is 0.562. The predicted molar refractivity (Wildman–Crippen MR) is 85.1 cm³/mol. The van der Waals surface area contributed by atoms with E-state index in [-0.39, 0.29) is 29.8 Å². The van der Waals surface area contributed by atoms with E-state index in [0.29, 0.717) is 6.54 Å². The van der Waals surface area contributed by atoms with Gasteiger partial charge in [-0.1, -0.05) is 44.5 Å². The summed E-state index contributed by atoms with van der Waals surface area (Å²) in [6, 6.07) is 8.18. The quantitative estimate of drug-likeness (QED) is 0.877. The number of halogens is 1. The lowest BCUT2D eigenvalue weighted by atomic mass is 9.87. The Morgan fingerprint density at radius 1 is 1.35 bits per heavy atom. The molecule has 0 aromatic heterocycles. The van der Waals surface area contributed by atoms with Crippen molar-refractivity contribution >= 4 is 18.3 Å². The summed E-state index contributed by atoms with van der Waals surface area (Å²) < 4.78 is 0. The van der Waals surface area contributed by atoms with Gasteiger partial charge >= 0.3 is 0 Å². The molecule has 1 unspecified atom stereocenters. The number of carbonyl (C=O) groups excluding carboxylic acids is 1. The van der Waals surface area contributed by atoms with Crippen LogP contribution in [-0.4, -0.2) is 18.5 Å². The number of nitrogens with one attached hydrogen (secondary N) is 1. The SMILES string of the molecule is CCCC(N)C(=O)NCC1(C)Cc2ccccc2C1.Cl. The number of nitrogens with two attached hydrogens (primary N) is 1. The minimum atomic E-state index is -0.364. The van der Waals surface area contributed by atoms with Crippen molar-refractivity contribution in [2.45, 2.75) is 45.6 Å². The number of fused-ring (bicyclic) bond motifs is 1. The van der Waals surface area contributed by atoms with E-state index in [0.717, 1.165) is 25.7 Å². The molecule has 4 heteroatoms. The molecular weight excluding hydrogens is 272 g/mol. The Hall–Kier alpha value is -1.06. The molecule has 0 saturated carbocycles. The van der Waals surface area contributed by atoms with E-state index in [9.17, 15) is 4.79 Å². The zero-order valence-corrected chi connectivity index (χ0v) is 13.1. The second kappa shape index (κ2) is 7.09. The summed E-state index contributed by atoms with van der Waals surface area (Å²) in [4.78, 5) is 11.9. The zero-order chi connectivity index (χ0) is 13.9. The molecule has 0 bridgehead atoms. The number of benzene rings is 1. The Labute approximate surface area is 127 Å². The van der Waals surface area contributed by atoms with E-state index in [4.69, 9.17) is 5.73 Å². The highest BCUT2D eigenvalue weighted by molar-refractivity contribution is 5.85. The molecule has 0 fully saturated rings. The van der Waals surface area contributed by atoms with Crippen LogP contribution in [0.4, 0.5) is 0 Å². The van der Waals surface area contributed by atoms with Crippen molar-refractivity contribution in [1.82, 2.24) is 5.32 Å². The molecule has 112 valence electrons. The maximum atomic E-state index is 11.9. The zero-order valence-electron chi connectivity index (χ0n) is 12.3. The van der Waals surface area contributed by atoms with Crippen LogP contribution in [0, 0.1) is 5.41 Å². The maximum absolute atomic E-state index is 11.9. The summed E-state index contributed by atoms with van der Waals surface area (Å²) in [5, 5.41) is 3.02. The van der Waals surface area contributed by atoms with E-state index in [1.165, 1.54) is 11.1 Å². The summed E-state index contributed by atoms with van der Waals surface area (Å²) in [6.07, 6.45) is 3.76. The summed E-state index contributed by atoms with van der Waals surface area (Å²) in [7, 11) is 0. The van der Waals surface area contributed by atoms with Crippen LogP contribution in [0.3, 0.4) is 0 Å². The lowest BCUT2D eigenvalue weighted by molar-refractivity contribution is -0.123. The van der Waals surface area contributed by atoms with Crippen molar-refractivity contribution in [3.8, 4) is 0 Å². The highest BCUT2D eigenvalue weighted by Crippen LogP contribution is 2.35. The molecule has 1 aliphatic rings. The van der Waals surface area contributed by atoms with Crippen LogP contribution in [0.5, 0.6) is 0 Å². The molecular formula is C16H25ClN2O. The number of carbonyl (C=O) groups is 1. The van der Waals surface area contributed by atoms with Gasteiger partial charge in [0.05, 0.1) is 6.04 Å². The topological polar surface area (TPSA) is 55.1 Å². The largest absolute Gasteiger partial charge is 0.354 e. The van der Waals surface area contributed by atoms with Crippen molar-refractivity contribution in [2.24, 2.45) is 11.1 Å². The summed E-state index contributed by atoms with van der Waals surface area (Å²) in [6.45, 7) is 4.98. The molecule has 0 spiro atoms. The van der Waals surface area contributed by atoms with Crippen LogP contribution >= 0.6 is 12.4 Å². The maximum Gasteiger partial charge on any atom is 0.236 e. The van der Waals surface area contributed by atoms with E-state index in [1.54, 1.807) is 0 Å². The van der Waals surface area contributed by atoms with Gasteiger partial charge in [0, 0.05) is 6.54 Å². The Morgan fingerprint density at radius 3 is 2.40 bits per heavy atom. The van der Waals surface area contributed by atoms with Crippen LogP contribution in [0.1, 0.15) is 37.8 Å². The fourth-order valence-electron chi connectivity index (χ4n) is 2.88. The van der Waals surface area contributed by atoms with E-state index in [1.807, 2.05) is 6.92 Å². The van der Waals surface area contributed by atoms with Crippen LogP contribution in [0.2, 0.25) is 0 Å². The molecule has 0 aliphatic heterocycles. The summed E-state index contributed by atoms with van der Waals surface area (Å²) in [5.74, 6) is -0.0148. The van der Waals surface area contributed by atoms with Crippen molar-refractivity contribution in [3.63, 3.8) is 0 Å². The molecule has 1 atom stereocenters. The third kappa shape index (κ3) is 3.97. The monoisotopic (exact) mass is 296 g/mol. The molecule has 1 aromatic rings. The highest BCUT2D eigenvalue weighted by Gasteiger charge is 2.33. The van der Waals surface area contributed by atoms with E-state index >= 15 is 0 Å². The van der Waals surface area contributed by atoms with Gasteiger partial charge in [0.2, 0.25) is 5.91 Å². The van der Waals surface area contributed by atoms with Gasteiger partial charge < -0.3 is 11.1 Å². The summed E-state index contributed by atoms with van der Waals surface area (Å²) >= 11 is 0. The standard InChI is InChI=1S/C16H24N2O.ClH/c1-3-6-14(17)15(19)18-11-16(2)9-12-7-4-5-8-13(12)10-16;/h4-5,7-8,14H,3,6,9-11,17H2,1-2H3,(H,18,19);1H. The normalized spacial score (nSPS) is 16.9. The van der Waals surface area contributed by atoms with Crippen molar-refractivity contribution in [1.29, 1.82) is 0 Å². The number of rotatable bonds is 5.